The van der Waals surface area contributed by atoms with E-state index in [-0.39, 0.29) is 30.3 Å². The number of hydrogen-bond acceptors (Lipinski definition) is 3. The summed E-state index contributed by atoms with van der Waals surface area (Å²) in [6, 6.07) is 4.45. The maximum atomic E-state index is 12.4. The van der Waals surface area contributed by atoms with Crippen LogP contribution in [-0.4, -0.2) is 36.0 Å². The number of amides is 1. The highest BCUT2D eigenvalue weighted by Crippen LogP contribution is 2.30. The second kappa shape index (κ2) is 6.56. The first-order valence-electron chi connectivity index (χ1n) is 7.12. The Balaban J connectivity index is 1.88. The molecule has 22 heavy (non-hydrogen) atoms. The van der Waals surface area contributed by atoms with E-state index in [2.05, 4.69) is 0 Å². The molecule has 1 amide bonds. The average molecular weight is 316 g/mol. The van der Waals surface area contributed by atoms with Crippen LogP contribution in [-0.2, 0) is 11.0 Å². The number of piperidine rings is 1. The van der Waals surface area contributed by atoms with Crippen molar-refractivity contribution in [1.82, 2.24) is 4.90 Å². The molecule has 0 aromatic heterocycles. The van der Waals surface area contributed by atoms with Crippen LogP contribution in [0.1, 0.15) is 25.3 Å². The van der Waals surface area contributed by atoms with Crippen LogP contribution < -0.4 is 10.5 Å². The van der Waals surface area contributed by atoms with Crippen molar-refractivity contribution in [3.63, 3.8) is 0 Å². The van der Waals surface area contributed by atoms with Crippen molar-refractivity contribution in [1.29, 1.82) is 0 Å². The predicted octanol–water partition coefficient (Wildman–Crippen LogP) is 2.42. The fourth-order valence-corrected chi connectivity index (χ4v) is 2.55. The van der Waals surface area contributed by atoms with E-state index in [1.54, 1.807) is 4.90 Å². The molecule has 0 radical (unpaired) electrons. The van der Waals surface area contributed by atoms with Crippen molar-refractivity contribution in [3.8, 4) is 5.75 Å². The summed E-state index contributed by atoms with van der Waals surface area (Å²) in [4.78, 5) is 13.8. The molecule has 0 saturated carbocycles. The standard InChI is InChI=1S/C15H19F3N2O2/c1-10-8-12(19)6-7-20(10)14(21)9-22-13-4-2-11(3-5-13)15(16,17)18/h2-5,10,12H,6-9,19H2,1H3. The van der Waals surface area contributed by atoms with Gasteiger partial charge in [-0.2, -0.15) is 13.2 Å². The van der Waals surface area contributed by atoms with Crippen LogP contribution in [0, 0.1) is 0 Å². The Kier molecular flexibility index (Phi) is 4.95. The van der Waals surface area contributed by atoms with E-state index in [4.69, 9.17) is 10.5 Å². The average Bonchev–Trinajstić information content (AvgIpc) is 2.44. The van der Waals surface area contributed by atoms with Gasteiger partial charge in [0.1, 0.15) is 5.75 Å². The number of rotatable bonds is 3. The van der Waals surface area contributed by atoms with E-state index in [1.165, 1.54) is 12.1 Å². The van der Waals surface area contributed by atoms with E-state index < -0.39 is 11.7 Å². The topological polar surface area (TPSA) is 55.6 Å². The van der Waals surface area contributed by atoms with Crippen molar-refractivity contribution in [2.75, 3.05) is 13.2 Å². The van der Waals surface area contributed by atoms with Crippen LogP contribution in [0.2, 0.25) is 0 Å². The zero-order valence-corrected chi connectivity index (χ0v) is 12.3. The van der Waals surface area contributed by atoms with E-state index in [0.717, 1.165) is 25.0 Å². The normalized spacial score (nSPS) is 22.5. The van der Waals surface area contributed by atoms with Gasteiger partial charge < -0.3 is 15.4 Å². The fourth-order valence-electron chi connectivity index (χ4n) is 2.55. The Labute approximate surface area is 127 Å². The molecule has 2 rings (SSSR count). The number of ether oxygens (including phenoxy) is 1. The molecule has 0 bridgehead atoms. The molecule has 1 saturated heterocycles. The van der Waals surface area contributed by atoms with E-state index in [0.29, 0.717) is 6.54 Å². The first kappa shape index (κ1) is 16.6. The highest BCUT2D eigenvalue weighted by atomic mass is 19.4. The third-order valence-corrected chi connectivity index (χ3v) is 3.78. The molecular formula is C15H19F3N2O2. The van der Waals surface area contributed by atoms with Gasteiger partial charge in [-0.3, -0.25) is 4.79 Å². The molecule has 4 nitrogen and oxygen atoms in total. The number of nitrogens with two attached hydrogens (primary N) is 1. The maximum absolute atomic E-state index is 12.4. The van der Waals surface area contributed by atoms with Crippen LogP contribution in [0.15, 0.2) is 24.3 Å². The molecule has 1 aliphatic heterocycles. The lowest BCUT2D eigenvalue weighted by Gasteiger charge is -2.36. The van der Waals surface area contributed by atoms with Crippen molar-refractivity contribution in [2.45, 2.75) is 38.0 Å². The predicted molar refractivity (Wildman–Crippen MR) is 75.3 cm³/mol. The van der Waals surface area contributed by atoms with Crippen molar-refractivity contribution >= 4 is 5.91 Å². The number of carbonyl (C=O) groups is 1. The second-order valence-corrected chi connectivity index (χ2v) is 5.53. The van der Waals surface area contributed by atoms with Gasteiger partial charge in [-0.25, -0.2) is 0 Å². The van der Waals surface area contributed by atoms with Crippen molar-refractivity contribution in [2.24, 2.45) is 5.73 Å². The number of likely N-dealkylation sites (tertiary alicyclic amines) is 1. The highest BCUT2D eigenvalue weighted by molar-refractivity contribution is 5.78. The van der Waals surface area contributed by atoms with E-state index in [1.807, 2.05) is 6.92 Å². The molecule has 0 spiro atoms. The Bertz CT molecular complexity index is 517. The smallest absolute Gasteiger partial charge is 0.416 e. The number of nitrogens with zero attached hydrogens (tertiary/aromatic N) is 1. The lowest BCUT2D eigenvalue weighted by Crippen LogP contribution is -2.49. The second-order valence-electron chi connectivity index (χ2n) is 5.53. The van der Waals surface area contributed by atoms with Gasteiger partial charge in [0.2, 0.25) is 0 Å². The summed E-state index contributed by atoms with van der Waals surface area (Å²) >= 11 is 0. The quantitative estimate of drug-likeness (QED) is 0.932. The summed E-state index contributed by atoms with van der Waals surface area (Å²) < 4.78 is 42.6. The van der Waals surface area contributed by atoms with Gasteiger partial charge >= 0.3 is 6.18 Å². The molecule has 1 aromatic rings. The van der Waals surface area contributed by atoms with Gasteiger partial charge in [0.25, 0.3) is 5.91 Å². The first-order chi connectivity index (χ1) is 10.3. The summed E-state index contributed by atoms with van der Waals surface area (Å²) in [7, 11) is 0. The van der Waals surface area contributed by atoms with E-state index >= 15 is 0 Å². The summed E-state index contributed by atoms with van der Waals surface area (Å²) in [5.41, 5.74) is 5.10. The van der Waals surface area contributed by atoms with Crippen LogP contribution in [0.3, 0.4) is 0 Å². The molecule has 2 N–H and O–H groups in total. The monoisotopic (exact) mass is 316 g/mol. The van der Waals surface area contributed by atoms with Gasteiger partial charge in [-0.05, 0) is 44.0 Å². The van der Waals surface area contributed by atoms with Crippen molar-refractivity contribution in [3.05, 3.63) is 29.8 Å². The number of alkyl halides is 3. The zero-order chi connectivity index (χ0) is 16.3. The number of carbonyl (C=O) groups excluding carboxylic acids is 1. The molecule has 1 aromatic carbocycles. The third-order valence-electron chi connectivity index (χ3n) is 3.78. The largest absolute Gasteiger partial charge is 0.484 e. The van der Waals surface area contributed by atoms with Gasteiger partial charge in [0, 0.05) is 18.6 Å². The zero-order valence-electron chi connectivity index (χ0n) is 12.3. The molecule has 0 aliphatic carbocycles. The summed E-state index contributed by atoms with van der Waals surface area (Å²) in [6.45, 7) is 2.32. The molecule has 2 unspecified atom stereocenters. The molecule has 1 fully saturated rings. The van der Waals surface area contributed by atoms with Gasteiger partial charge in [0.15, 0.2) is 6.61 Å². The molecule has 7 heteroatoms. The SMILES string of the molecule is CC1CC(N)CCN1C(=O)COc1ccc(C(F)(F)F)cc1. The lowest BCUT2D eigenvalue weighted by molar-refractivity contribution is -0.138. The number of hydrogen-bond donors (Lipinski definition) is 1. The minimum Gasteiger partial charge on any atom is -0.484 e. The molecule has 1 aliphatic rings. The maximum Gasteiger partial charge on any atom is 0.416 e. The highest BCUT2D eigenvalue weighted by Gasteiger charge is 2.30. The van der Waals surface area contributed by atoms with Crippen LogP contribution in [0.25, 0.3) is 0 Å². The number of benzene rings is 1. The minimum absolute atomic E-state index is 0.0486. The molecular weight excluding hydrogens is 297 g/mol. The Morgan fingerprint density at radius 1 is 1.36 bits per heavy atom. The van der Waals surface area contributed by atoms with Crippen LogP contribution >= 0.6 is 0 Å². The Hall–Kier alpha value is -1.76. The Morgan fingerprint density at radius 3 is 2.55 bits per heavy atom. The molecule has 1 heterocycles. The van der Waals surface area contributed by atoms with Gasteiger partial charge in [-0.15, -0.1) is 0 Å². The minimum atomic E-state index is -4.38. The lowest BCUT2D eigenvalue weighted by atomic mass is 9.99. The summed E-state index contributed by atoms with van der Waals surface area (Å²) in [5.74, 6) is 0.0574. The Morgan fingerprint density at radius 2 is 2.00 bits per heavy atom. The van der Waals surface area contributed by atoms with Crippen LogP contribution in [0.4, 0.5) is 13.2 Å². The number of halogens is 3. The third kappa shape index (κ3) is 4.13. The van der Waals surface area contributed by atoms with Gasteiger partial charge in [0.05, 0.1) is 5.56 Å². The van der Waals surface area contributed by atoms with Crippen molar-refractivity contribution < 1.29 is 22.7 Å². The van der Waals surface area contributed by atoms with Crippen LogP contribution in [0.5, 0.6) is 5.75 Å². The summed E-state index contributed by atoms with van der Waals surface area (Å²) in [6.07, 6.45) is -2.89. The van der Waals surface area contributed by atoms with Gasteiger partial charge in [-0.1, -0.05) is 0 Å². The van der Waals surface area contributed by atoms with E-state index in [9.17, 15) is 18.0 Å². The fraction of sp³-hybridized carbons (Fsp3) is 0.533. The summed E-state index contributed by atoms with van der Waals surface area (Å²) in [5, 5.41) is 0. The molecule has 2 atom stereocenters. The molecule has 122 valence electrons. The first-order valence-corrected chi connectivity index (χ1v) is 7.12.